The van der Waals surface area contributed by atoms with Crippen LogP contribution >= 0.6 is 0 Å². The number of rotatable bonds is 4. The van der Waals surface area contributed by atoms with Crippen molar-refractivity contribution in [3.05, 3.63) is 35.4 Å². The molecule has 0 spiro atoms. The molecule has 0 saturated heterocycles. The number of nitrogens with two attached hydrogens (primary N) is 1. The van der Waals surface area contributed by atoms with Gasteiger partial charge in [0.05, 0.1) is 17.6 Å². The van der Waals surface area contributed by atoms with Crippen LogP contribution in [-0.2, 0) is 21.0 Å². The first-order valence-corrected chi connectivity index (χ1v) is 8.31. The normalized spacial score (nSPS) is 23.7. The summed E-state index contributed by atoms with van der Waals surface area (Å²) in [7, 11) is -1.70. The summed E-state index contributed by atoms with van der Waals surface area (Å²) in [6.45, 7) is 0.229. The minimum absolute atomic E-state index is 0.0457. The third-order valence-electron chi connectivity index (χ3n) is 3.78. The number of aryl methyl sites for hydroxylation is 1. The number of ether oxygens (including phenoxy) is 1. The summed E-state index contributed by atoms with van der Waals surface area (Å²) < 4.78 is 29.6. The molecule has 5 heteroatoms. The first-order valence-electron chi connectivity index (χ1n) is 6.60. The molecule has 2 atom stereocenters. The van der Waals surface area contributed by atoms with Gasteiger partial charge in [-0.1, -0.05) is 24.3 Å². The topological polar surface area (TPSA) is 69.4 Å². The summed E-state index contributed by atoms with van der Waals surface area (Å²) in [4.78, 5) is 0. The molecule has 0 fully saturated rings. The van der Waals surface area contributed by atoms with Crippen molar-refractivity contribution in [3.8, 4) is 0 Å². The van der Waals surface area contributed by atoms with Crippen molar-refractivity contribution in [1.82, 2.24) is 0 Å². The summed E-state index contributed by atoms with van der Waals surface area (Å²) in [5.41, 5.74) is 8.39. The number of sulfone groups is 1. The Morgan fingerprint density at radius 2 is 2.11 bits per heavy atom. The highest BCUT2D eigenvalue weighted by molar-refractivity contribution is 7.92. The molecule has 0 aromatic heterocycles. The van der Waals surface area contributed by atoms with E-state index < -0.39 is 21.1 Å². The third-order valence-corrected chi connectivity index (χ3v) is 5.97. The number of fused-ring (bicyclic) bond motifs is 1. The van der Waals surface area contributed by atoms with Crippen LogP contribution < -0.4 is 5.73 Å². The molecule has 2 rings (SSSR count). The average molecular weight is 283 g/mol. The quantitative estimate of drug-likeness (QED) is 0.849. The molecule has 2 unspecified atom stereocenters. The van der Waals surface area contributed by atoms with E-state index in [0.717, 1.165) is 18.4 Å². The van der Waals surface area contributed by atoms with Crippen molar-refractivity contribution in [2.24, 2.45) is 5.73 Å². The molecule has 19 heavy (non-hydrogen) atoms. The van der Waals surface area contributed by atoms with Crippen LogP contribution in [0.3, 0.4) is 0 Å². The molecule has 0 aliphatic heterocycles. The Labute approximate surface area is 114 Å². The Morgan fingerprint density at radius 3 is 2.84 bits per heavy atom. The monoisotopic (exact) mass is 283 g/mol. The SMILES string of the molecule is COCCS(=O)(=O)C1CCCc2ccccc2C1N. The van der Waals surface area contributed by atoms with E-state index >= 15 is 0 Å². The molecule has 1 aromatic carbocycles. The van der Waals surface area contributed by atoms with Crippen LogP contribution in [0, 0.1) is 0 Å². The highest BCUT2D eigenvalue weighted by atomic mass is 32.2. The summed E-state index contributed by atoms with van der Waals surface area (Å²) in [6, 6.07) is 7.46. The van der Waals surface area contributed by atoms with Gasteiger partial charge in [0.25, 0.3) is 0 Å². The lowest BCUT2D eigenvalue weighted by Gasteiger charge is -2.23. The Kier molecular flexibility index (Phi) is 4.60. The molecular weight excluding hydrogens is 262 g/mol. The fourth-order valence-electron chi connectivity index (χ4n) is 2.71. The molecule has 1 aliphatic carbocycles. The van der Waals surface area contributed by atoms with Crippen molar-refractivity contribution < 1.29 is 13.2 Å². The molecule has 0 saturated carbocycles. The second-order valence-electron chi connectivity index (χ2n) is 5.02. The van der Waals surface area contributed by atoms with E-state index in [-0.39, 0.29) is 12.4 Å². The highest BCUT2D eigenvalue weighted by Gasteiger charge is 2.34. The summed E-state index contributed by atoms with van der Waals surface area (Å²) in [6.07, 6.45) is 2.39. The number of benzene rings is 1. The van der Waals surface area contributed by atoms with Gasteiger partial charge < -0.3 is 10.5 Å². The van der Waals surface area contributed by atoms with Gasteiger partial charge in [-0.25, -0.2) is 8.42 Å². The van der Waals surface area contributed by atoms with Crippen LogP contribution in [-0.4, -0.2) is 33.1 Å². The molecule has 0 radical (unpaired) electrons. The highest BCUT2D eigenvalue weighted by Crippen LogP contribution is 2.31. The molecule has 1 aliphatic rings. The van der Waals surface area contributed by atoms with E-state index in [2.05, 4.69) is 0 Å². The Bertz CT molecular complexity index is 527. The predicted octanol–water partition coefficient (Wildman–Crippen LogP) is 1.45. The van der Waals surface area contributed by atoms with Crippen LogP contribution in [0.25, 0.3) is 0 Å². The van der Waals surface area contributed by atoms with Crippen LogP contribution in [0.4, 0.5) is 0 Å². The number of hydrogen-bond donors (Lipinski definition) is 1. The standard InChI is InChI=1S/C14H21NO3S/c1-18-9-10-19(16,17)13-8-4-6-11-5-2-3-7-12(11)14(13)15/h2-3,5,7,13-14H,4,6,8-10,15H2,1H3. The summed E-state index contributed by atoms with van der Waals surface area (Å²) in [5, 5.41) is -0.494. The third kappa shape index (κ3) is 3.16. The Hall–Kier alpha value is -0.910. The molecule has 0 heterocycles. The smallest absolute Gasteiger partial charge is 0.157 e. The minimum Gasteiger partial charge on any atom is -0.384 e. The van der Waals surface area contributed by atoms with E-state index in [4.69, 9.17) is 10.5 Å². The lowest BCUT2D eigenvalue weighted by Crippen LogP contribution is -2.35. The predicted molar refractivity (Wildman–Crippen MR) is 75.8 cm³/mol. The molecule has 106 valence electrons. The zero-order chi connectivity index (χ0) is 13.9. The van der Waals surface area contributed by atoms with Gasteiger partial charge in [-0.3, -0.25) is 0 Å². The zero-order valence-corrected chi connectivity index (χ0v) is 12.0. The summed E-state index contributed by atoms with van der Waals surface area (Å²) >= 11 is 0. The van der Waals surface area contributed by atoms with Crippen molar-refractivity contribution in [2.75, 3.05) is 19.5 Å². The van der Waals surface area contributed by atoms with Gasteiger partial charge in [0.2, 0.25) is 0 Å². The maximum atomic E-state index is 12.4. The fourth-order valence-corrected chi connectivity index (χ4v) is 4.54. The van der Waals surface area contributed by atoms with E-state index in [1.165, 1.54) is 12.7 Å². The molecule has 4 nitrogen and oxygen atoms in total. The van der Waals surface area contributed by atoms with Gasteiger partial charge in [-0.2, -0.15) is 0 Å². The van der Waals surface area contributed by atoms with Gasteiger partial charge in [-0.05, 0) is 30.4 Å². The van der Waals surface area contributed by atoms with Crippen molar-refractivity contribution >= 4 is 9.84 Å². The fraction of sp³-hybridized carbons (Fsp3) is 0.571. The van der Waals surface area contributed by atoms with Crippen molar-refractivity contribution in [3.63, 3.8) is 0 Å². The van der Waals surface area contributed by atoms with Crippen LogP contribution in [0.1, 0.15) is 30.0 Å². The van der Waals surface area contributed by atoms with Crippen molar-refractivity contribution in [2.45, 2.75) is 30.6 Å². The van der Waals surface area contributed by atoms with Crippen LogP contribution in [0.15, 0.2) is 24.3 Å². The second-order valence-corrected chi connectivity index (χ2v) is 7.35. The average Bonchev–Trinajstić information content (AvgIpc) is 2.57. The zero-order valence-electron chi connectivity index (χ0n) is 11.2. The minimum atomic E-state index is -3.21. The molecule has 0 amide bonds. The van der Waals surface area contributed by atoms with E-state index in [9.17, 15) is 8.42 Å². The van der Waals surface area contributed by atoms with E-state index in [0.29, 0.717) is 6.42 Å². The summed E-state index contributed by atoms with van der Waals surface area (Å²) in [5.74, 6) is 0.0457. The van der Waals surface area contributed by atoms with Gasteiger partial charge in [0, 0.05) is 13.2 Å². The van der Waals surface area contributed by atoms with Crippen LogP contribution in [0.2, 0.25) is 0 Å². The molecule has 1 aromatic rings. The first-order chi connectivity index (χ1) is 9.06. The molecule has 2 N–H and O–H groups in total. The molecule has 0 bridgehead atoms. The maximum Gasteiger partial charge on any atom is 0.157 e. The van der Waals surface area contributed by atoms with Crippen LogP contribution in [0.5, 0.6) is 0 Å². The van der Waals surface area contributed by atoms with Gasteiger partial charge in [-0.15, -0.1) is 0 Å². The van der Waals surface area contributed by atoms with E-state index in [1.54, 1.807) is 0 Å². The van der Waals surface area contributed by atoms with Gasteiger partial charge >= 0.3 is 0 Å². The Morgan fingerprint density at radius 1 is 1.37 bits per heavy atom. The van der Waals surface area contributed by atoms with Crippen molar-refractivity contribution in [1.29, 1.82) is 0 Å². The van der Waals surface area contributed by atoms with Gasteiger partial charge in [0.15, 0.2) is 9.84 Å². The first kappa shape index (κ1) is 14.5. The maximum absolute atomic E-state index is 12.4. The largest absolute Gasteiger partial charge is 0.384 e. The van der Waals surface area contributed by atoms with Gasteiger partial charge in [0.1, 0.15) is 0 Å². The molecular formula is C14H21NO3S. The second kappa shape index (κ2) is 6.03. The number of methoxy groups -OCH3 is 1. The van der Waals surface area contributed by atoms with E-state index in [1.807, 2.05) is 24.3 Å². The lowest BCUT2D eigenvalue weighted by molar-refractivity contribution is 0.216. The Balaban J connectivity index is 2.29. The number of hydrogen-bond acceptors (Lipinski definition) is 4. The lowest BCUT2D eigenvalue weighted by atomic mass is 10.00.